The summed E-state index contributed by atoms with van der Waals surface area (Å²) < 4.78 is 5.35. The van der Waals surface area contributed by atoms with Gasteiger partial charge in [0.25, 0.3) is 5.56 Å². The van der Waals surface area contributed by atoms with Crippen LogP contribution in [0.2, 0.25) is 0 Å². The molecule has 0 saturated heterocycles. The SMILES string of the molecule is CC(C)(C)OC(=O)C[C@@H](CCCC1CCCCC1)C(=O)O/N=C(\N)c1c[nH]c(=O)[nH]c1=O. The topological polar surface area (TPSA) is 157 Å². The molecular weight excluding hydrogens is 416 g/mol. The van der Waals surface area contributed by atoms with Crippen LogP contribution in [0, 0.1) is 11.8 Å². The number of H-pyrrole nitrogens is 2. The summed E-state index contributed by atoms with van der Waals surface area (Å²) in [5.74, 6) is -1.66. The van der Waals surface area contributed by atoms with Crippen molar-refractivity contribution < 1.29 is 19.2 Å². The van der Waals surface area contributed by atoms with Gasteiger partial charge in [-0.2, -0.15) is 0 Å². The van der Waals surface area contributed by atoms with E-state index in [1.165, 1.54) is 32.1 Å². The Balaban J connectivity index is 2.02. The van der Waals surface area contributed by atoms with E-state index < -0.39 is 34.7 Å². The summed E-state index contributed by atoms with van der Waals surface area (Å²) in [6, 6.07) is 0. The van der Waals surface area contributed by atoms with E-state index in [1.54, 1.807) is 20.8 Å². The number of hydrogen-bond acceptors (Lipinski definition) is 7. The van der Waals surface area contributed by atoms with Crippen molar-refractivity contribution in [3.05, 3.63) is 32.6 Å². The Morgan fingerprint density at radius 3 is 2.53 bits per heavy atom. The molecule has 1 saturated carbocycles. The van der Waals surface area contributed by atoms with Crippen LogP contribution in [0.15, 0.2) is 20.9 Å². The lowest BCUT2D eigenvalue weighted by Gasteiger charge is -2.23. The standard InChI is InChI=1S/C22H34N4O6/c1-22(2,3)31-17(27)12-15(11-7-10-14-8-5-4-6-9-14)20(29)32-26-18(23)16-13-24-21(30)25-19(16)28/h13-15H,4-12H2,1-3H3,(H2,23,26)(H2,24,25,28,30)/t15-/m1/s1. The smallest absolute Gasteiger partial charge is 0.338 e. The summed E-state index contributed by atoms with van der Waals surface area (Å²) in [6.07, 6.45) is 9.36. The van der Waals surface area contributed by atoms with Crippen LogP contribution in [-0.2, 0) is 19.2 Å². The zero-order valence-corrected chi connectivity index (χ0v) is 19.1. The predicted octanol–water partition coefficient (Wildman–Crippen LogP) is 2.33. The van der Waals surface area contributed by atoms with Crippen molar-refractivity contribution in [2.75, 3.05) is 0 Å². The lowest BCUT2D eigenvalue weighted by Crippen LogP contribution is -2.31. The molecule has 0 spiro atoms. The highest BCUT2D eigenvalue weighted by atomic mass is 16.7. The molecule has 1 aromatic rings. The Morgan fingerprint density at radius 2 is 1.91 bits per heavy atom. The van der Waals surface area contributed by atoms with Crippen molar-refractivity contribution in [3.63, 3.8) is 0 Å². The van der Waals surface area contributed by atoms with Crippen molar-refractivity contribution in [2.45, 2.75) is 84.2 Å². The van der Waals surface area contributed by atoms with Gasteiger partial charge in [-0.05, 0) is 33.1 Å². The molecule has 1 atom stereocenters. The molecule has 0 amide bonds. The second kappa shape index (κ2) is 11.6. The summed E-state index contributed by atoms with van der Waals surface area (Å²) in [4.78, 5) is 57.1. The number of aromatic amines is 2. The van der Waals surface area contributed by atoms with Gasteiger partial charge >= 0.3 is 17.6 Å². The molecule has 0 unspecified atom stereocenters. The van der Waals surface area contributed by atoms with E-state index in [0.29, 0.717) is 12.3 Å². The minimum atomic E-state index is -0.760. The largest absolute Gasteiger partial charge is 0.460 e. The van der Waals surface area contributed by atoms with Gasteiger partial charge in [-0.3, -0.25) is 14.6 Å². The fourth-order valence-corrected chi connectivity index (χ4v) is 3.83. The Labute approximate surface area is 186 Å². The Morgan fingerprint density at radius 1 is 1.22 bits per heavy atom. The van der Waals surface area contributed by atoms with E-state index in [2.05, 4.69) is 10.1 Å². The van der Waals surface area contributed by atoms with Crippen molar-refractivity contribution in [1.82, 2.24) is 9.97 Å². The maximum atomic E-state index is 12.7. The molecule has 1 aliphatic rings. The van der Waals surface area contributed by atoms with Gasteiger partial charge in [0.1, 0.15) is 11.2 Å². The first kappa shape index (κ1) is 25.4. The average Bonchev–Trinajstić information content (AvgIpc) is 2.70. The van der Waals surface area contributed by atoms with Gasteiger partial charge in [-0.1, -0.05) is 50.1 Å². The summed E-state index contributed by atoms with van der Waals surface area (Å²) in [7, 11) is 0. The first-order chi connectivity index (χ1) is 15.0. The van der Waals surface area contributed by atoms with Gasteiger partial charge in [0.2, 0.25) is 0 Å². The zero-order valence-electron chi connectivity index (χ0n) is 19.1. The number of amidine groups is 1. The second-order valence-electron chi connectivity index (χ2n) is 9.29. The summed E-state index contributed by atoms with van der Waals surface area (Å²) in [5, 5.41) is 3.54. The normalized spacial score (nSPS) is 16.4. The number of carbonyl (C=O) groups excluding carboxylic acids is 2. The number of nitrogens with two attached hydrogens (primary N) is 1. The lowest BCUT2D eigenvalue weighted by atomic mass is 9.84. The van der Waals surface area contributed by atoms with Crippen LogP contribution >= 0.6 is 0 Å². The number of rotatable bonds is 9. The van der Waals surface area contributed by atoms with Gasteiger partial charge < -0.3 is 20.3 Å². The molecule has 0 radical (unpaired) electrons. The highest BCUT2D eigenvalue weighted by Gasteiger charge is 2.27. The summed E-state index contributed by atoms with van der Waals surface area (Å²) in [5.41, 5.74) is 3.45. The van der Waals surface area contributed by atoms with Gasteiger partial charge in [0.15, 0.2) is 5.84 Å². The molecular formula is C22H34N4O6. The molecule has 10 nitrogen and oxygen atoms in total. The van der Waals surface area contributed by atoms with Gasteiger partial charge in [0.05, 0.1) is 12.3 Å². The van der Waals surface area contributed by atoms with E-state index in [-0.39, 0.29) is 17.8 Å². The third-order valence-corrected chi connectivity index (χ3v) is 5.39. The fourth-order valence-electron chi connectivity index (χ4n) is 3.83. The van der Waals surface area contributed by atoms with Crippen molar-refractivity contribution in [1.29, 1.82) is 0 Å². The quantitative estimate of drug-likeness (QED) is 0.171. The summed E-state index contributed by atoms with van der Waals surface area (Å²) >= 11 is 0. The predicted molar refractivity (Wildman–Crippen MR) is 119 cm³/mol. The van der Waals surface area contributed by atoms with Gasteiger partial charge in [-0.25, -0.2) is 9.59 Å². The molecule has 1 heterocycles. The van der Waals surface area contributed by atoms with Crippen LogP contribution in [0.1, 0.15) is 84.1 Å². The van der Waals surface area contributed by atoms with Crippen molar-refractivity contribution >= 4 is 17.8 Å². The van der Waals surface area contributed by atoms with E-state index in [1.807, 2.05) is 4.98 Å². The number of nitrogens with zero attached hydrogens (tertiary/aromatic N) is 1. The number of carbonyl (C=O) groups is 2. The Hall–Kier alpha value is -2.91. The molecule has 178 valence electrons. The molecule has 2 rings (SSSR count). The molecule has 1 aliphatic carbocycles. The highest BCUT2D eigenvalue weighted by molar-refractivity contribution is 5.96. The van der Waals surface area contributed by atoms with Crippen LogP contribution in [0.25, 0.3) is 0 Å². The van der Waals surface area contributed by atoms with E-state index in [0.717, 1.165) is 19.0 Å². The fraction of sp³-hybridized carbons (Fsp3) is 0.682. The summed E-state index contributed by atoms with van der Waals surface area (Å²) in [6.45, 7) is 5.27. The molecule has 0 aliphatic heterocycles. The molecule has 1 aromatic heterocycles. The third-order valence-electron chi connectivity index (χ3n) is 5.39. The number of aromatic nitrogens is 2. The minimum absolute atomic E-state index is 0.130. The van der Waals surface area contributed by atoms with E-state index in [4.69, 9.17) is 15.3 Å². The molecule has 10 heteroatoms. The van der Waals surface area contributed by atoms with Crippen molar-refractivity contribution in [3.8, 4) is 0 Å². The molecule has 0 aromatic carbocycles. The Bertz CT molecular complexity index is 921. The molecule has 4 N–H and O–H groups in total. The number of hydrogen-bond donors (Lipinski definition) is 3. The van der Waals surface area contributed by atoms with Crippen LogP contribution < -0.4 is 17.0 Å². The molecule has 32 heavy (non-hydrogen) atoms. The van der Waals surface area contributed by atoms with Crippen LogP contribution in [0.3, 0.4) is 0 Å². The first-order valence-electron chi connectivity index (χ1n) is 11.1. The average molecular weight is 451 g/mol. The van der Waals surface area contributed by atoms with Crippen molar-refractivity contribution in [2.24, 2.45) is 22.7 Å². The maximum Gasteiger partial charge on any atom is 0.338 e. The number of ether oxygens (including phenoxy) is 1. The molecule has 0 bridgehead atoms. The highest BCUT2D eigenvalue weighted by Crippen LogP contribution is 2.29. The minimum Gasteiger partial charge on any atom is -0.460 e. The third kappa shape index (κ3) is 8.68. The first-order valence-corrected chi connectivity index (χ1v) is 11.1. The number of oxime groups is 1. The van der Waals surface area contributed by atoms with Gasteiger partial charge in [0, 0.05) is 6.20 Å². The van der Waals surface area contributed by atoms with Crippen LogP contribution in [0.4, 0.5) is 0 Å². The molecule has 1 fully saturated rings. The number of esters is 1. The van der Waals surface area contributed by atoms with Gasteiger partial charge in [-0.15, -0.1) is 0 Å². The Kier molecular flexibility index (Phi) is 9.22. The van der Waals surface area contributed by atoms with E-state index >= 15 is 0 Å². The zero-order chi connectivity index (χ0) is 23.7. The van der Waals surface area contributed by atoms with E-state index in [9.17, 15) is 19.2 Å². The second-order valence-corrected chi connectivity index (χ2v) is 9.29. The van der Waals surface area contributed by atoms with Crippen LogP contribution in [0.5, 0.6) is 0 Å². The van der Waals surface area contributed by atoms with Crippen LogP contribution in [-0.4, -0.2) is 33.3 Å². The maximum absolute atomic E-state index is 12.7. The monoisotopic (exact) mass is 450 g/mol. The number of nitrogens with one attached hydrogen (secondary N) is 2. The lowest BCUT2D eigenvalue weighted by molar-refractivity contribution is -0.161.